The Morgan fingerprint density at radius 1 is 1.21 bits per heavy atom. The normalized spacial score (nSPS) is 23.2. The molecule has 0 bridgehead atoms. The maximum atomic E-state index is 12.5. The molecule has 4 rings (SSSR count). The molecule has 1 aliphatic heterocycles. The zero-order valence-corrected chi connectivity index (χ0v) is 18.6. The Bertz CT molecular complexity index is 754. The quantitative estimate of drug-likeness (QED) is 0.715. The molecule has 1 aromatic heterocycles. The summed E-state index contributed by atoms with van der Waals surface area (Å²) in [6, 6.07) is 10.9. The molecular formula is C21H29Cl2N3OS. The Labute approximate surface area is 183 Å². The van der Waals surface area contributed by atoms with Crippen molar-refractivity contribution < 1.29 is 4.79 Å². The SMILES string of the molecule is Cc1sc(CCNC(=O)C2CC3CCCCC3N2)nc1-c1ccccc1.Cl.Cl. The molecule has 1 saturated carbocycles. The monoisotopic (exact) mass is 441 g/mol. The molecule has 0 radical (unpaired) electrons. The zero-order chi connectivity index (χ0) is 17.9. The van der Waals surface area contributed by atoms with E-state index in [4.69, 9.17) is 4.98 Å². The first-order valence-corrected chi connectivity index (χ1v) is 10.6. The molecular weight excluding hydrogens is 413 g/mol. The molecule has 1 aromatic carbocycles. The van der Waals surface area contributed by atoms with Gasteiger partial charge < -0.3 is 10.6 Å². The van der Waals surface area contributed by atoms with Crippen LogP contribution in [0, 0.1) is 12.8 Å². The first kappa shape index (κ1) is 23.1. The highest BCUT2D eigenvalue weighted by Crippen LogP contribution is 2.33. The van der Waals surface area contributed by atoms with Gasteiger partial charge in [0.05, 0.1) is 16.7 Å². The van der Waals surface area contributed by atoms with E-state index in [1.807, 2.05) is 18.2 Å². The Hall–Kier alpha value is -1.14. The van der Waals surface area contributed by atoms with Crippen LogP contribution in [-0.4, -0.2) is 29.5 Å². The number of nitrogens with zero attached hydrogens (tertiary/aromatic N) is 1. The lowest BCUT2D eigenvalue weighted by atomic mass is 9.85. The number of hydrogen-bond acceptors (Lipinski definition) is 4. The summed E-state index contributed by atoms with van der Waals surface area (Å²) in [5.74, 6) is 0.866. The molecule has 7 heteroatoms. The highest BCUT2D eigenvalue weighted by atomic mass is 35.5. The van der Waals surface area contributed by atoms with Crippen LogP contribution in [0.5, 0.6) is 0 Å². The van der Waals surface area contributed by atoms with E-state index in [1.165, 1.54) is 30.6 Å². The smallest absolute Gasteiger partial charge is 0.237 e. The van der Waals surface area contributed by atoms with Gasteiger partial charge in [-0.15, -0.1) is 36.2 Å². The van der Waals surface area contributed by atoms with Crippen LogP contribution in [0.2, 0.25) is 0 Å². The van der Waals surface area contributed by atoms with E-state index in [1.54, 1.807) is 11.3 Å². The Balaban J connectivity index is 0.00000140. The number of carbonyl (C=O) groups excluding carboxylic acids is 1. The van der Waals surface area contributed by atoms with Crippen molar-refractivity contribution in [3.63, 3.8) is 0 Å². The number of fused-ring (bicyclic) bond motifs is 1. The van der Waals surface area contributed by atoms with Crippen LogP contribution in [0.15, 0.2) is 30.3 Å². The second kappa shape index (κ2) is 10.6. The number of aromatic nitrogens is 1. The average molecular weight is 442 g/mol. The molecule has 2 heterocycles. The van der Waals surface area contributed by atoms with Crippen molar-refractivity contribution in [3.05, 3.63) is 40.2 Å². The predicted molar refractivity (Wildman–Crippen MR) is 121 cm³/mol. The minimum Gasteiger partial charge on any atom is -0.354 e. The first-order chi connectivity index (χ1) is 12.7. The second-order valence-electron chi connectivity index (χ2n) is 7.53. The van der Waals surface area contributed by atoms with Gasteiger partial charge >= 0.3 is 0 Å². The highest BCUT2D eigenvalue weighted by molar-refractivity contribution is 7.12. The molecule has 154 valence electrons. The van der Waals surface area contributed by atoms with E-state index in [0.717, 1.165) is 29.1 Å². The van der Waals surface area contributed by atoms with Crippen molar-refractivity contribution in [1.29, 1.82) is 0 Å². The molecule has 3 atom stereocenters. The van der Waals surface area contributed by atoms with Crippen LogP contribution in [0.1, 0.15) is 42.0 Å². The van der Waals surface area contributed by atoms with Gasteiger partial charge in [-0.1, -0.05) is 43.2 Å². The van der Waals surface area contributed by atoms with E-state index in [-0.39, 0.29) is 36.8 Å². The van der Waals surface area contributed by atoms with Crippen molar-refractivity contribution in [1.82, 2.24) is 15.6 Å². The molecule has 2 aromatic rings. The molecule has 2 aliphatic rings. The number of amides is 1. The minimum absolute atomic E-state index is 0. The van der Waals surface area contributed by atoms with E-state index in [2.05, 4.69) is 29.7 Å². The van der Waals surface area contributed by atoms with Crippen LogP contribution >= 0.6 is 36.2 Å². The third kappa shape index (κ3) is 5.26. The van der Waals surface area contributed by atoms with E-state index in [0.29, 0.717) is 18.5 Å². The van der Waals surface area contributed by atoms with Gasteiger partial charge in [0.15, 0.2) is 0 Å². The van der Waals surface area contributed by atoms with Crippen LogP contribution < -0.4 is 10.6 Å². The molecule has 1 aliphatic carbocycles. The molecule has 4 nitrogen and oxygen atoms in total. The molecule has 2 fully saturated rings. The lowest BCUT2D eigenvalue weighted by Gasteiger charge is -2.24. The molecule has 0 spiro atoms. The fraction of sp³-hybridized carbons (Fsp3) is 0.524. The van der Waals surface area contributed by atoms with Gasteiger partial charge in [-0.2, -0.15) is 0 Å². The maximum Gasteiger partial charge on any atom is 0.237 e. The summed E-state index contributed by atoms with van der Waals surface area (Å²) in [5.41, 5.74) is 2.23. The number of benzene rings is 1. The number of hydrogen-bond donors (Lipinski definition) is 2. The summed E-state index contributed by atoms with van der Waals surface area (Å²) in [4.78, 5) is 18.5. The van der Waals surface area contributed by atoms with Gasteiger partial charge in [0.2, 0.25) is 5.91 Å². The number of thiazole rings is 1. The standard InChI is InChI=1S/C21H27N3OS.2ClH/c1-14-20(15-7-3-2-4-8-15)24-19(26-14)11-12-22-21(25)18-13-16-9-5-6-10-17(16)23-18;;/h2-4,7-8,16-18,23H,5-6,9-13H2,1H3,(H,22,25);2*1H. The summed E-state index contributed by atoms with van der Waals surface area (Å²) in [7, 11) is 0. The number of nitrogens with one attached hydrogen (secondary N) is 2. The van der Waals surface area contributed by atoms with E-state index >= 15 is 0 Å². The van der Waals surface area contributed by atoms with Crippen molar-refractivity contribution in [3.8, 4) is 11.3 Å². The zero-order valence-electron chi connectivity index (χ0n) is 16.1. The van der Waals surface area contributed by atoms with Gasteiger partial charge in [0, 0.05) is 29.4 Å². The number of halogens is 2. The van der Waals surface area contributed by atoms with Gasteiger partial charge in [-0.3, -0.25) is 4.79 Å². The van der Waals surface area contributed by atoms with Gasteiger partial charge in [-0.05, 0) is 32.1 Å². The van der Waals surface area contributed by atoms with Crippen LogP contribution in [0.25, 0.3) is 11.3 Å². The minimum atomic E-state index is 0. The van der Waals surface area contributed by atoms with Crippen molar-refractivity contribution in [2.75, 3.05) is 6.54 Å². The van der Waals surface area contributed by atoms with Crippen molar-refractivity contribution >= 4 is 42.1 Å². The predicted octanol–water partition coefficient (Wildman–Crippen LogP) is 4.54. The van der Waals surface area contributed by atoms with E-state index < -0.39 is 0 Å². The number of rotatable bonds is 5. The lowest BCUT2D eigenvalue weighted by Crippen LogP contribution is -2.43. The summed E-state index contributed by atoms with van der Waals surface area (Å²) in [6.45, 7) is 2.78. The van der Waals surface area contributed by atoms with Gasteiger partial charge in [0.1, 0.15) is 0 Å². The molecule has 3 unspecified atom stereocenters. The molecule has 2 N–H and O–H groups in total. The highest BCUT2D eigenvalue weighted by Gasteiger charge is 2.37. The Kier molecular flexibility index (Phi) is 8.75. The van der Waals surface area contributed by atoms with Crippen LogP contribution in [-0.2, 0) is 11.2 Å². The third-order valence-corrected chi connectivity index (χ3v) is 6.74. The van der Waals surface area contributed by atoms with Gasteiger partial charge in [-0.25, -0.2) is 4.98 Å². The lowest BCUT2D eigenvalue weighted by molar-refractivity contribution is -0.122. The maximum absolute atomic E-state index is 12.5. The van der Waals surface area contributed by atoms with Crippen molar-refractivity contribution in [2.45, 2.75) is 57.5 Å². The van der Waals surface area contributed by atoms with Crippen LogP contribution in [0.4, 0.5) is 0 Å². The molecule has 1 amide bonds. The third-order valence-electron chi connectivity index (χ3n) is 5.71. The topological polar surface area (TPSA) is 54.0 Å². The Morgan fingerprint density at radius 2 is 1.96 bits per heavy atom. The summed E-state index contributed by atoms with van der Waals surface area (Å²) in [5, 5.41) is 7.76. The fourth-order valence-corrected chi connectivity index (χ4v) is 5.31. The molecule has 28 heavy (non-hydrogen) atoms. The van der Waals surface area contributed by atoms with Crippen LogP contribution in [0.3, 0.4) is 0 Å². The number of carbonyl (C=O) groups is 1. The first-order valence-electron chi connectivity index (χ1n) is 9.76. The summed E-state index contributed by atoms with van der Waals surface area (Å²) in [6.07, 6.45) is 6.94. The summed E-state index contributed by atoms with van der Waals surface area (Å²) < 4.78 is 0. The average Bonchev–Trinajstić information content (AvgIpc) is 3.26. The summed E-state index contributed by atoms with van der Waals surface area (Å²) >= 11 is 1.73. The molecule has 1 saturated heterocycles. The largest absolute Gasteiger partial charge is 0.354 e. The van der Waals surface area contributed by atoms with Gasteiger partial charge in [0.25, 0.3) is 0 Å². The second-order valence-corrected chi connectivity index (χ2v) is 8.81. The Morgan fingerprint density at radius 3 is 2.71 bits per heavy atom. The fourth-order valence-electron chi connectivity index (χ4n) is 4.36. The van der Waals surface area contributed by atoms with Crippen molar-refractivity contribution in [2.24, 2.45) is 5.92 Å². The number of aryl methyl sites for hydroxylation is 1. The van der Waals surface area contributed by atoms with E-state index in [9.17, 15) is 4.79 Å².